The normalized spacial score (nSPS) is 19.3. The van der Waals surface area contributed by atoms with Gasteiger partial charge in [-0.3, -0.25) is 9.59 Å². The number of hydrogen-bond acceptors (Lipinski definition) is 4. The van der Waals surface area contributed by atoms with Gasteiger partial charge >= 0.3 is 5.97 Å². The van der Waals surface area contributed by atoms with Crippen molar-refractivity contribution in [1.82, 2.24) is 10.2 Å². The minimum atomic E-state index is -0.980. The summed E-state index contributed by atoms with van der Waals surface area (Å²) in [7, 11) is 0. The second kappa shape index (κ2) is 8.92. The Kier molecular flexibility index (Phi) is 7.56. The summed E-state index contributed by atoms with van der Waals surface area (Å²) in [6.45, 7) is 3.08. The van der Waals surface area contributed by atoms with Crippen molar-refractivity contribution < 1.29 is 19.5 Å². The van der Waals surface area contributed by atoms with E-state index in [4.69, 9.17) is 5.11 Å². The Morgan fingerprint density at radius 3 is 2.71 bits per heavy atom. The molecule has 7 heteroatoms. The van der Waals surface area contributed by atoms with Crippen molar-refractivity contribution in [1.29, 1.82) is 0 Å². The zero-order valence-corrected chi connectivity index (χ0v) is 13.3. The predicted octanol–water partition coefficient (Wildman–Crippen LogP) is 0.914. The van der Waals surface area contributed by atoms with Crippen LogP contribution in [-0.4, -0.2) is 52.7 Å². The number of unbranched alkanes of at least 4 members (excludes halogenated alkanes) is 1. The van der Waals surface area contributed by atoms with E-state index in [0.29, 0.717) is 25.9 Å². The van der Waals surface area contributed by atoms with Crippen LogP contribution in [0.5, 0.6) is 0 Å². The summed E-state index contributed by atoms with van der Waals surface area (Å²) in [5, 5.41) is 11.9. The Hall–Kier alpha value is -1.24. The van der Waals surface area contributed by atoms with Gasteiger partial charge in [-0.1, -0.05) is 13.3 Å². The summed E-state index contributed by atoms with van der Waals surface area (Å²) in [5.41, 5.74) is 0. The topological polar surface area (TPSA) is 86.7 Å². The average Bonchev–Trinajstić information content (AvgIpc) is 2.94. The highest BCUT2D eigenvalue weighted by molar-refractivity contribution is 7.80. The third-order valence-electron chi connectivity index (χ3n) is 3.67. The van der Waals surface area contributed by atoms with Crippen molar-refractivity contribution in [3.05, 3.63) is 0 Å². The summed E-state index contributed by atoms with van der Waals surface area (Å²) in [5.74, 6) is -1.76. The Morgan fingerprint density at radius 1 is 1.43 bits per heavy atom. The Morgan fingerprint density at radius 2 is 2.14 bits per heavy atom. The second-order valence-electron chi connectivity index (χ2n) is 5.32. The molecule has 1 unspecified atom stereocenters. The molecule has 2 atom stereocenters. The SMILES string of the molecule is CCCCNC(=O)CC(CS)C(=O)N1CCC[C@H]1C(=O)O. The van der Waals surface area contributed by atoms with Crippen LogP contribution in [0.3, 0.4) is 0 Å². The zero-order chi connectivity index (χ0) is 15.8. The molecule has 1 heterocycles. The monoisotopic (exact) mass is 316 g/mol. The molecule has 0 aliphatic carbocycles. The Bertz CT molecular complexity index is 389. The number of carboxylic acids is 1. The maximum absolute atomic E-state index is 12.4. The number of hydrogen-bond donors (Lipinski definition) is 3. The van der Waals surface area contributed by atoms with E-state index in [1.165, 1.54) is 4.90 Å². The molecule has 6 nitrogen and oxygen atoms in total. The largest absolute Gasteiger partial charge is 0.480 e. The van der Waals surface area contributed by atoms with Gasteiger partial charge in [0.05, 0.1) is 5.92 Å². The highest BCUT2D eigenvalue weighted by Gasteiger charge is 2.37. The zero-order valence-electron chi connectivity index (χ0n) is 12.4. The number of carbonyl (C=O) groups is 3. The molecule has 0 aromatic carbocycles. The first kappa shape index (κ1) is 17.8. The van der Waals surface area contributed by atoms with Gasteiger partial charge in [-0.2, -0.15) is 12.6 Å². The molecule has 1 rings (SSSR count). The fourth-order valence-corrected chi connectivity index (χ4v) is 2.74. The van der Waals surface area contributed by atoms with Gasteiger partial charge in [0.25, 0.3) is 0 Å². The van der Waals surface area contributed by atoms with E-state index >= 15 is 0 Å². The van der Waals surface area contributed by atoms with Crippen LogP contribution in [0.2, 0.25) is 0 Å². The van der Waals surface area contributed by atoms with Crippen molar-refractivity contribution in [3.8, 4) is 0 Å². The van der Waals surface area contributed by atoms with Crippen LogP contribution in [0.25, 0.3) is 0 Å². The minimum absolute atomic E-state index is 0.0644. The first-order chi connectivity index (χ1) is 10.0. The highest BCUT2D eigenvalue weighted by Crippen LogP contribution is 2.21. The first-order valence-electron chi connectivity index (χ1n) is 7.42. The maximum Gasteiger partial charge on any atom is 0.326 e. The number of amides is 2. The van der Waals surface area contributed by atoms with Gasteiger partial charge in [0.2, 0.25) is 11.8 Å². The molecule has 1 aliphatic heterocycles. The lowest BCUT2D eigenvalue weighted by Gasteiger charge is -2.25. The van der Waals surface area contributed by atoms with Gasteiger partial charge in [0, 0.05) is 25.3 Å². The molecule has 0 spiro atoms. The Labute approximate surface area is 130 Å². The van der Waals surface area contributed by atoms with Crippen molar-refractivity contribution in [2.24, 2.45) is 5.92 Å². The quantitative estimate of drug-likeness (QED) is 0.459. The van der Waals surface area contributed by atoms with Crippen LogP contribution in [0.15, 0.2) is 0 Å². The van der Waals surface area contributed by atoms with Gasteiger partial charge in [-0.25, -0.2) is 4.79 Å². The van der Waals surface area contributed by atoms with E-state index in [1.54, 1.807) is 0 Å². The van der Waals surface area contributed by atoms with Crippen LogP contribution >= 0.6 is 12.6 Å². The van der Waals surface area contributed by atoms with Gasteiger partial charge < -0.3 is 15.3 Å². The molecule has 0 aromatic heterocycles. The second-order valence-corrected chi connectivity index (χ2v) is 5.68. The first-order valence-corrected chi connectivity index (χ1v) is 8.05. The molecule has 1 saturated heterocycles. The maximum atomic E-state index is 12.4. The van der Waals surface area contributed by atoms with E-state index in [2.05, 4.69) is 17.9 Å². The summed E-state index contributed by atoms with van der Waals surface area (Å²) >= 11 is 4.14. The molecular formula is C14H24N2O4S. The van der Waals surface area contributed by atoms with Crippen LogP contribution in [0.1, 0.15) is 39.0 Å². The summed E-state index contributed by atoms with van der Waals surface area (Å²) < 4.78 is 0. The Balaban J connectivity index is 2.56. The third kappa shape index (κ3) is 5.22. The minimum Gasteiger partial charge on any atom is -0.480 e. The van der Waals surface area contributed by atoms with Crippen molar-refractivity contribution in [2.45, 2.75) is 45.1 Å². The molecule has 0 saturated carbocycles. The van der Waals surface area contributed by atoms with Crippen molar-refractivity contribution >= 4 is 30.4 Å². The summed E-state index contributed by atoms with van der Waals surface area (Å²) in [4.78, 5) is 36.7. The third-order valence-corrected chi connectivity index (χ3v) is 4.12. The molecule has 1 aliphatic rings. The molecular weight excluding hydrogens is 292 g/mol. The van der Waals surface area contributed by atoms with Gasteiger partial charge in [0.15, 0.2) is 0 Å². The number of aliphatic carboxylic acids is 1. The molecule has 0 bridgehead atoms. The fourth-order valence-electron chi connectivity index (χ4n) is 2.45. The molecule has 21 heavy (non-hydrogen) atoms. The smallest absolute Gasteiger partial charge is 0.326 e. The lowest BCUT2D eigenvalue weighted by atomic mass is 10.0. The number of carboxylic acid groups (broad SMARTS) is 1. The van der Waals surface area contributed by atoms with Crippen LogP contribution in [0.4, 0.5) is 0 Å². The number of nitrogens with one attached hydrogen (secondary N) is 1. The van der Waals surface area contributed by atoms with E-state index in [1.807, 2.05) is 6.92 Å². The summed E-state index contributed by atoms with van der Waals surface area (Å²) in [6, 6.07) is -0.761. The van der Waals surface area contributed by atoms with Gasteiger partial charge in [-0.05, 0) is 19.3 Å². The van der Waals surface area contributed by atoms with E-state index in [0.717, 1.165) is 12.8 Å². The highest BCUT2D eigenvalue weighted by atomic mass is 32.1. The van der Waals surface area contributed by atoms with Crippen LogP contribution < -0.4 is 5.32 Å². The molecule has 1 fully saturated rings. The van der Waals surface area contributed by atoms with Crippen LogP contribution in [0, 0.1) is 5.92 Å². The van der Waals surface area contributed by atoms with Gasteiger partial charge in [-0.15, -0.1) is 0 Å². The van der Waals surface area contributed by atoms with E-state index in [-0.39, 0.29) is 24.0 Å². The van der Waals surface area contributed by atoms with E-state index < -0.39 is 17.9 Å². The standard InChI is InChI=1S/C14H24N2O4S/c1-2-3-6-15-12(17)8-10(9-21)13(18)16-7-4-5-11(16)14(19)20/h10-11,21H,2-9H2,1H3,(H,15,17)(H,19,20)/t10?,11-/m0/s1. The van der Waals surface area contributed by atoms with E-state index in [9.17, 15) is 14.4 Å². The lowest BCUT2D eigenvalue weighted by Crippen LogP contribution is -2.45. The van der Waals surface area contributed by atoms with Crippen LogP contribution in [-0.2, 0) is 14.4 Å². The molecule has 0 radical (unpaired) electrons. The number of nitrogens with zero attached hydrogens (tertiary/aromatic N) is 1. The average molecular weight is 316 g/mol. The molecule has 2 N–H and O–H groups in total. The molecule has 0 aromatic rings. The molecule has 2 amide bonds. The summed E-state index contributed by atoms with van der Waals surface area (Å²) in [6.07, 6.45) is 3.12. The van der Waals surface area contributed by atoms with Crippen molar-refractivity contribution in [2.75, 3.05) is 18.8 Å². The van der Waals surface area contributed by atoms with Crippen molar-refractivity contribution in [3.63, 3.8) is 0 Å². The number of thiol groups is 1. The van der Waals surface area contributed by atoms with Gasteiger partial charge in [0.1, 0.15) is 6.04 Å². The molecule has 120 valence electrons. The lowest BCUT2D eigenvalue weighted by molar-refractivity contribution is -0.150. The number of likely N-dealkylation sites (tertiary alicyclic amines) is 1. The number of rotatable bonds is 8. The number of carbonyl (C=O) groups excluding carboxylic acids is 2. The fraction of sp³-hybridized carbons (Fsp3) is 0.786. The predicted molar refractivity (Wildman–Crippen MR) is 82.2 cm³/mol.